The average molecular weight is 432 g/mol. The van der Waals surface area contributed by atoms with Gasteiger partial charge >= 0.3 is 6.09 Å². The fourth-order valence-corrected chi connectivity index (χ4v) is 3.80. The Kier molecular flexibility index (Phi) is 5.51. The van der Waals surface area contributed by atoms with Gasteiger partial charge in [0.2, 0.25) is 0 Å². The molecule has 160 valence electrons. The predicted molar refractivity (Wildman–Crippen MR) is 116 cm³/mol. The lowest BCUT2D eigenvalue weighted by Crippen LogP contribution is -2.49. The summed E-state index contributed by atoms with van der Waals surface area (Å²) in [5.41, 5.74) is 2.09. The van der Waals surface area contributed by atoms with Gasteiger partial charge in [0.1, 0.15) is 29.7 Å². The number of nitrogens with one attached hydrogen (secondary N) is 1. The molecule has 3 aromatic rings. The monoisotopic (exact) mass is 431 g/mol. The van der Waals surface area contributed by atoms with E-state index in [-0.39, 0.29) is 12.2 Å². The third-order valence-electron chi connectivity index (χ3n) is 4.87. The van der Waals surface area contributed by atoms with Gasteiger partial charge in [-0.3, -0.25) is 0 Å². The van der Waals surface area contributed by atoms with E-state index in [9.17, 15) is 4.79 Å². The molecule has 0 radical (unpaired) electrons. The maximum absolute atomic E-state index is 12.4. The minimum atomic E-state index is -0.529. The Hall–Kier alpha value is -2.51. The number of benzene rings is 1. The van der Waals surface area contributed by atoms with Gasteiger partial charge in [-0.25, -0.2) is 9.78 Å². The van der Waals surface area contributed by atoms with Gasteiger partial charge in [0.15, 0.2) is 0 Å². The van der Waals surface area contributed by atoms with E-state index in [0.29, 0.717) is 37.1 Å². The van der Waals surface area contributed by atoms with Gasteiger partial charge in [-0.2, -0.15) is 0 Å². The number of pyridine rings is 1. The number of rotatable bonds is 3. The topological polar surface area (TPSA) is 76.7 Å². The molecule has 8 heteroatoms. The molecule has 4 rings (SSSR count). The molecule has 2 aromatic heterocycles. The smallest absolute Gasteiger partial charge is 0.410 e. The van der Waals surface area contributed by atoms with Crippen molar-refractivity contribution in [3.8, 4) is 5.75 Å². The quantitative estimate of drug-likeness (QED) is 0.650. The van der Waals surface area contributed by atoms with E-state index < -0.39 is 5.60 Å². The van der Waals surface area contributed by atoms with E-state index in [1.165, 1.54) is 0 Å². The molecule has 1 aromatic carbocycles. The van der Waals surface area contributed by atoms with Crippen molar-refractivity contribution in [3.05, 3.63) is 35.0 Å². The average Bonchev–Trinajstić information content (AvgIpc) is 3.06. The van der Waals surface area contributed by atoms with Gasteiger partial charge in [0, 0.05) is 23.5 Å². The molecule has 1 saturated heterocycles. The highest BCUT2D eigenvalue weighted by molar-refractivity contribution is 6.38. The third kappa shape index (κ3) is 4.32. The summed E-state index contributed by atoms with van der Waals surface area (Å²) < 4.78 is 17.3. The number of carbonyl (C=O) groups is 1. The SMILES string of the molecule is Cc1cnc2[nH]c3c(OC[C@@H]4CN(C(=O)OC(C)(C)C)CCO4)ccc(Cl)c3c2c1. The zero-order chi connectivity index (χ0) is 21.5. The Morgan fingerprint density at radius 2 is 2.20 bits per heavy atom. The summed E-state index contributed by atoms with van der Waals surface area (Å²) >= 11 is 6.47. The molecule has 1 aliphatic rings. The highest BCUT2D eigenvalue weighted by atomic mass is 35.5. The number of aromatic amines is 1. The van der Waals surface area contributed by atoms with Crippen molar-refractivity contribution in [1.29, 1.82) is 0 Å². The highest BCUT2D eigenvalue weighted by Gasteiger charge is 2.28. The van der Waals surface area contributed by atoms with Crippen LogP contribution in [0.4, 0.5) is 4.79 Å². The first-order valence-corrected chi connectivity index (χ1v) is 10.4. The van der Waals surface area contributed by atoms with E-state index in [4.69, 9.17) is 25.8 Å². The van der Waals surface area contributed by atoms with E-state index in [0.717, 1.165) is 27.5 Å². The Morgan fingerprint density at radius 3 is 2.97 bits per heavy atom. The minimum Gasteiger partial charge on any atom is -0.489 e. The largest absolute Gasteiger partial charge is 0.489 e. The number of hydrogen-bond acceptors (Lipinski definition) is 5. The predicted octanol–water partition coefficient (Wildman–Crippen LogP) is 4.69. The number of nitrogens with zero attached hydrogens (tertiary/aromatic N) is 2. The second-order valence-electron chi connectivity index (χ2n) is 8.56. The van der Waals surface area contributed by atoms with Crippen molar-refractivity contribution in [3.63, 3.8) is 0 Å². The van der Waals surface area contributed by atoms with Gasteiger partial charge in [0.25, 0.3) is 0 Å². The van der Waals surface area contributed by atoms with Crippen LogP contribution in [0.3, 0.4) is 0 Å². The van der Waals surface area contributed by atoms with Crippen LogP contribution in [0.5, 0.6) is 5.75 Å². The molecule has 1 atom stereocenters. The van der Waals surface area contributed by atoms with Crippen LogP contribution in [0.1, 0.15) is 26.3 Å². The molecule has 1 amide bonds. The van der Waals surface area contributed by atoms with Gasteiger partial charge in [-0.05, 0) is 51.5 Å². The van der Waals surface area contributed by atoms with Crippen LogP contribution in [0.25, 0.3) is 21.9 Å². The van der Waals surface area contributed by atoms with Gasteiger partial charge in [-0.1, -0.05) is 11.6 Å². The molecule has 0 unspecified atom stereocenters. The molecule has 0 spiro atoms. The number of hydrogen-bond donors (Lipinski definition) is 1. The number of carbonyl (C=O) groups excluding carboxylic acids is 1. The molecule has 7 nitrogen and oxygen atoms in total. The maximum atomic E-state index is 12.4. The van der Waals surface area contributed by atoms with Crippen molar-refractivity contribution in [1.82, 2.24) is 14.9 Å². The summed E-state index contributed by atoms with van der Waals surface area (Å²) in [6.45, 7) is 9.23. The van der Waals surface area contributed by atoms with Crippen molar-refractivity contribution < 1.29 is 19.0 Å². The Morgan fingerprint density at radius 1 is 1.40 bits per heavy atom. The summed E-state index contributed by atoms with van der Waals surface area (Å²) in [4.78, 5) is 21.8. The normalized spacial score (nSPS) is 17.5. The maximum Gasteiger partial charge on any atom is 0.410 e. The minimum absolute atomic E-state index is 0.248. The number of fused-ring (bicyclic) bond motifs is 3. The van der Waals surface area contributed by atoms with Crippen molar-refractivity contribution in [2.75, 3.05) is 26.3 Å². The van der Waals surface area contributed by atoms with Gasteiger partial charge in [0.05, 0.1) is 23.7 Å². The van der Waals surface area contributed by atoms with Crippen LogP contribution in [0.2, 0.25) is 5.02 Å². The number of ether oxygens (including phenoxy) is 3. The molecule has 1 aliphatic heterocycles. The van der Waals surface area contributed by atoms with E-state index in [2.05, 4.69) is 16.0 Å². The molecule has 0 bridgehead atoms. The zero-order valence-corrected chi connectivity index (χ0v) is 18.4. The fourth-order valence-electron chi connectivity index (χ4n) is 3.54. The lowest BCUT2D eigenvalue weighted by molar-refractivity contribution is -0.0555. The lowest BCUT2D eigenvalue weighted by Gasteiger charge is -2.34. The Balaban J connectivity index is 1.50. The van der Waals surface area contributed by atoms with E-state index >= 15 is 0 Å². The molecule has 1 N–H and O–H groups in total. The first kappa shape index (κ1) is 20.8. The summed E-state index contributed by atoms with van der Waals surface area (Å²) in [6.07, 6.45) is 1.23. The first-order chi connectivity index (χ1) is 14.2. The molecule has 1 fully saturated rings. The summed E-state index contributed by atoms with van der Waals surface area (Å²) in [5.74, 6) is 0.669. The van der Waals surface area contributed by atoms with Crippen LogP contribution in [-0.4, -0.2) is 59.0 Å². The van der Waals surface area contributed by atoms with E-state index in [1.54, 1.807) is 4.90 Å². The summed E-state index contributed by atoms with van der Waals surface area (Å²) in [7, 11) is 0. The van der Waals surface area contributed by atoms with Crippen LogP contribution in [0.15, 0.2) is 24.4 Å². The molecular formula is C22H26ClN3O4. The number of aryl methyl sites for hydroxylation is 1. The second-order valence-corrected chi connectivity index (χ2v) is 8.97. The van der Waals surface area contributed by atoms with Crippen LogP contribution in [-0.2, 0) is 9.47 Å². The Labute approximate surface area is 180 Å². The second kappa shape index (κ2) is 7.96. The summed E-state index contributed by atoms with van der Waals surface area (Å²) in [6, 6.07) is 5.71. The fraction of sp³-hybridized carbons (Fsp3) is 0.455. The highest BCUT2D eigenvalue weighted by Crippen LogP contribution is 2.36. The van der Waals surface area contributed by atoms with Crippen molar-refractivity contribution >= 4 is 39.6 Å². The molecule has 0 aliphatic carbocycles. The first-order valence-electron chi connectivity index (χ1n) is 10.00. The number of halogens is 1. The number of amides is 1. The number of H-pyrrole nitrogens is 1. The van der Waals surface area contributed by atoms with E-state index in [1.807, 2.05) is 46.0 Å². The third-order valence-corrected chi connectivity index (χ3v) is 5.18. The van der Waals surface area contributed by atoms with Gasteiger partial charge in [-0.15, -0.1) is 0 Å². The number of aromatic nitrogens is 2. The summed E-state index contributed by atoms with van der Waals surface area (Å²) in [5, 5.41) is 2.49. The number of morpholine rings is 1. The van der Waals surface area contributed by atoms with Crippen LogP contribution < -0.4 is 4.74 Å². The lowest BCUT2D eigenvalue weighted by atomic mass is 10.1. The van der Waals surface area contributed by atoms with Crippen LogP contribution in [0, 0.1) is 6.92 Å². The zero-order valence-electron chi connectivity index (χ0n) is 17.6. The van der Waals surface area contributed by atoms with Crippen LogP contribution >= 0.6 is 11.6 Å². The molecule has 3 heterocycles. The Bertz CT molecular complexity index is 1090. The van der Waals surface area contributed by atoms with Gasteiger partial charge < -0.3 is 24.1 Å². The molecular weight excluding hydrogens is 406 g/mol. The molecule has 30 heavy (non-hydrogen) atoms. The van der Waals surface area contributed by atoms with Crippen molar-refractivity contribution in [2.45, 2.75) is 39.4 Å². The molecule has 0 saturated carbocycles. The van der Waals surface area contributed by atoms with Crippen molar-refractivity contribution in [2.24, 2.45) is 0 Å². The standard InChI is InChI=1S/C22H26ClN3O4/c1-13-9-15-18-16(23)5-6-17(19(18)25-20(15)24-10-13)29-12-14-11-26(7-8-28-14)21(27)30-22(2,3)4/h5-6,9-10,14H,7-8,11-12H2,1-4H3,(H,24,25)/t14-/m0/s1.